The number of anilines is 2. The Morgan fingerprint density at radius 2 is 1.58 bits per heavy atom. The summed E-state index contributed by atoms with van der Waals surface area (Å²) in [7, 11) is 1.77. The normalized spacial score (nSPS) is 16.9. The molecule has 0 radical (unpaired) electrons. The lowest BCUT2D eigenvalue weighted by Gasteiger charge is -2.35. The lowest BCUT2D eigenvalue weighted by Crippen LogP contribution is -2.34. The fraction of sp³-hybridized carbons (Fsp3) is 0.0741. The number of ether oxygens (including phenoxy) is 1. The van der Waals surface area contributed by atoms with Crippen LogP contribution in [0.15, 0.2) is 91.1 Å². The Hall–Kier alpha value is -4.05. The van der Waals surface area contributed by atoms with Gasteiger partial charge in [0.1, 0.15) is 0 Å². The molecular weight excluding hydrogens is 384 g/mol. The van der Waals surface area contributed by atoms with E-state index in [1.165, 1.54) is 0 Å². The molecule has 0 fully saturated rings. The van der Waals surface area contributed by atoms with Crippen LogP contribution >= 0.6 is 0 Å². The molecule has 2 aliphatic heterocycles. The minimum Gasteiger partial charge on any atom is -0.420 e. The van der Waals surface area contributed by atoms with Crippen molar-refractivity contribution in [2.75, 3.05) is 16.8 Å². The highest BCUT2D eigenvalue weighted by Crippen LogP contribution is 2.47. The average molecular weight is 404 g/mol. The van der Waals surface area contributed by atoms with E-state index in [9.17, 15) is 4.79 Å². The number of carbonyl (C=O) groups is 1. The van der Waals surface area contributed by atoms with E-state index in [-0.39, 0.29) is 6.09 Å². The summed E-state index contributed by atoms with van der Waals surface area (Å²) in [5.74, 6) is 0. The van der Waals surface area contributed by atoms with E-state index < -0.39 is 6.23 Å². The standard InChI is InChI=1S/C27H20N2O2/c1-28-23-13-7-6-12-22(23)25-20-10-4-2-8-18(20)14-15-24(25)29-17-16-19-9-3-5-11-21(19)26(29)31-27(28)30/h2-17,26H,1H3/t26-/m0/s1. The van der Waals surface area contributed by atoms with Gasteiger partial charge in [-0.2, -0.15) is 0 Å². The quantitative estimate of drug-likeness (QED) is 0.332. The molecule has 1 amide bonds. The first-order chi connectivity index (χ1) is 15.2. The maximum absolute atomic E-state index is 13.2. The fourth-order valence-corrected chi connectivity index (χ4v) is 4.61. The van der Waals surface area contributed by atoms with Gasteiger partial charge in [-0.15, -0.1) is 0 Å². The number of nitrogens with zero attached hydrogens (tertiary/aromatic N) is 2. The van der Waals surface area contributed by atoms with Crippen molar-refractivity contribution < 1.29 is 9.53 Å². The average Bonchev–Trinajstić information content (AvgIpc) is 2.86. The van der Waals surface area contributed by atoms with E-state index >= 15 is 0 Å². The second-order valence-corrected chi connectivity index (χ2v) is 7.85. The number of fused-ring (bicyclic) bond motifs is 9. The number of carbonyl (C=O) groups excluding carboxylic acids is 1. The predicted molar refractivity (Wildman–Crippen MR) is 125 cm³/mol. The van der Waals surface area contributed by atoms with Crippen molar-refractivity contribution in [3.05, 3.63) is 102 Å². The van der Waals surface area contributed by atoms with Crippen molar-refractivity contribution in [2.45, 2.75) is 6.23 Å². The smallest absolute Gasteiger partial charge is 0.416 e. The Kier molecular flexibility index (Phi) is 3.87. The molecule has 2 aliphatic rings. The Labute approximate surface area is 180 Å². The molecule has 31 heavy (non-hydrogen) atoms. The first-order valence-electron chi connectivity index (χ1n) is 10.3. The SMILES string of the molecule is CN1C(=O)O[C@H]2c3ccccc3C=CN2c2ccc3ccccc3c2-c2ccccc21. The summed E-state index contributed by atoms with van der Waals surface area (Å²) in [6, 6.07) is 28.7. The van der Waals surface area contributed by atoms with Gasteiger partial charge < -0.3 is 9.64 Å². The molecule has 0 unspecified atom stereocenters. The molecule has 0 N–H and O–H groups in total. The highest BCUT2D eigenvalue weighted by molar-refractivity contribution is 6.08. The molecule has 0 saturated heterocycles. The summed E-state index contributed by atoms with van der Waals surface area (Å²) in [6.07, 6.45) is 3.16. The van der Waals surface area contributed by atoms with Gasteiger partial charge in [-0.05, 0) is 34.5 Å². The monoisotopic (exact) mass is 404 g/mol. The van der Waals surface area contributed by atoms with E-state index in [1.807, 2.05) is 54.7 Å². The van der Waals surface area contributed by atoms with Crippen LogP contribution in [0.3, 0.4) is 0 Å². The third-order valence-electron chi connectivity index (χ3n) is 6.14. The molecule has 150 valence electrons. The number of hydrogen-bond acceptors (Lipinski definition) is 3. The first-order valence-corrected chi connectivity index (χ1v) is 10.3. The molecular formula is C27H20N2O2. The highest BCUT2D eigenvalue weighted by Gasteiger charge is 2.33. The molecule has 0 saturated carbocycles. The van der Waals surface area contributed by atoms with Gasteiger partial charge in [0.25, 0.3) is 0 Å². The van der Waals surface area contributed by atoms with Crippen molar-refractivity contribution in [3.63, 3.8) is 0 Å². The Morgan fingerprint density at radius 1 is 0.806 bits per heavy atom. The minimum absolute atomic E-state index is 0.385. The van der Waals surface area contributed by atoms with Crippen LogP contribution in [0.2, 0.25) is 0 Å². The highest BCUT2D eigenvalue weighted by atomic mass is 16.6. The molecule has 0 aromatic heterocycles. The van der Waals surface area contributed by atoms with Crippen LogP contribution in [0.1, 0.15) is 17.4 Å². The summed E-state index contributed by atoms with van der Waals surface area (Å²) < 4.78 is 6.10. The number of benzene rings is 4. The van der Waals surface area contributed by atoms with E-state index in [4.69, 9.17) is 4.74 Å². The van der Waals surface area contributed by atoms with Gasteiger partial charge in [0, 0.05) is 29.9 Å². The maximum atomic E-state index is 13.2. The third kappa shape index (κ3) is 2.65. The molecule has 2 heterocycles. The molecule has 6 rings (SSSR count). The van der Waals surface area contributed by atoms with Gasteiger partial charge >= 0.3 is 6.09 Å². The van der Waals surface area contributed by atoms with E-state index in [0.29, 0.717) is 0 Å². The lowest BCUT2D eigenvalue weighted by molar-refractivity contribution is 0.107. The number of para-hydroxylation sites is 1. The van der Waals surface area contributed by atoms with Crippen LogP contribution in [0.5, 0.6) is 0 Å². The van der Waals surface area contributed by atoms with Gasteiger partial charge in [0.2, 0.25) is 6.23 Å². The molecule has 4 aromatic rings. The van der Waals surface area contributed by atoms with E-state index in [1.54, 1.807) is 11.9 Å². The van der Waals surface area contributed by atoms with Crippen molar-refractivity contribution >= 4 is 34.3 Å². The summed E-state index contributed by atoms with van der Waals surface area (Å²) in [5, 5.41) is 2.30. The lowest BCUT2D eigenvalue weighted by atomic mass is 9.93. The molecule has 0 bridgehead atoms. The van der Waals surface area contributed by atoms with E-state index in [2.05, 4.69) is 47.4 Å². The van der Waals surface area contributed by atoms with Crippen molar-refractivity contribution in [1.82, 2.24) is 0 Å². The second-order valence-electron chi connectivity index (χ2n) is 7.85. The van der Waals surface area contributed by atoms with Crippen LogP contribution < -0.4 is 9.80 Å². The predicted octanol–water partition coefficient (Wildman–Crippen LogP) is 6.58. The summed E-state index contributed by atoms with van der Waals surface area (Å²) >= 11 is 0. The summed E-state index contributed by atoms with van der Waals surface area (Å²) in [4.78, 5) is 16.9. The molecule has 4 aromatic carbocycles. The van der Waals surface area contributed by atoms with Gasteiger partial charge in [0.15, 0.2) is 0 Å². The Balaban J connectivity index is 1.72. The number of amides is 1. The van der Waals surface area contributed by atoms with Gasteiger partial charge in [-0.3, -0.25) is 4.90 Å². The Bertz CT molecular complexity index is 1370. The van der Waals surface area contributed by atoms with Crippen LogP contribution in [0, 0.1) is 0 Å². The maximum Gasteiger partial charge on any atom is 0.416 e. The topological polar surface area (TPSA) is 32.8 Å². The number of rotatable bonds is 0. The van der Waals surface area contributed by atoms with Crippen LogP contribution in [0.4, 0.5) is 16.2 Å². The largest absolute Gasteiger partial charge is 0.420 e. The number of hydrogen-bond donors (Lipinski definition) is 0. The second kappa shape index (κ2) is 6.74. The summed E-state index contributed by atoms with van der Waals surface area (Å²) in [5.41, 5.74) is 5.94. The third-order valence-corrected chi connectivity index (χ3v) is 6.14. The van der Waals surface area contributed by atoms with Gasteiger partial charge in [0.05, 0.1) is 11.4 Å². The van der Waals surface area contributed by atoms with E-state index in [0.717, 1.165) is 44.4 Å². The zero-order chi connectivity index (χ0) is 20.9. The van der Waals surface area contributed by atoms with Crippen LogP contribution in [0.25, 0.3) is 28.0 Å². The Morgan fingerprint density at radius 3 is 2.52 bits per heavy atom. The fourth-order valence-electron chi connectivity index (χ4n) is 4.61. The van der Waals surface area contributed by atoms with Gasteiger partial charge in [-0.25, -0.2) is 4.79 Å². The van der Waals surface area contributed by atoms with Crippen molar-refractivity contribution in [2.24, 2.45) is 0 Å². The molecule has 0 aliphatic carbocycles. The molecule has 4 nitrogen and oxygen atoms in total. The zero-order valence-corrected chi connectivity index (χ0v) is 17.0. The first kappa shape index (κ1) is 17.8. The van der Waals surface area contributed by atoms with Crippen LogP contribution in [-0.2, 0) is 4.74 Å². The van der Waals surface area contributed by atoms with Gasteiger partial charge in [-0.1, -0.05) is 72.8 Å². The minimum atomic E-state index is -0.551. The zero-order valence-electron chi connectivity index (χ0n) is 17.0. The molecule has 1 atom stereocenters. The van der Waals surface area contributed by atoms with Crippen LogP contribution in [-0.4, -0.2) is 13.1 Å². The molecule has 4 heteroatoms. The van der Waals surface area contributed by atoms with Crippen molar-refractivity contribution in [3.8, 4) is 11.1 Å². The summed E-state index contributed by atoms with van der Waals surface area (Å²) in [6.45, 7) is 0. The molecule has 0 spiro atoms. The van der Waals surface area contributed by atoms with Crippen molar-refractivity contribution in [1.29, 1.82) is 0 Å².